The summed E-state index contributed by atoms with van der Waals surface area (Å²) in [5, 5.41) is 3.53. The van der Waals surface area contributed by atoms with Gasteiger partial charge in [0, 0.05) is 23.5 Å². The second-order valence-electron chi connectivity index (χ2n) is 7.40. The van der Waals surface area contributed by atoms with Gasteiger partial charge in [0.15, 0.2) is 11.5 Å². The normalized spacial score (nSPS) is 13.0. The van der Waals surface area contributed by atoms with Crippen molar-refractivity contribution in [3.8, 4) is 28.4 Å². The molecule has 4 nitrogen and oxygen atoms in total. The van der Waals surface area contributed by atoms with Crippen LogP contribution in [0.3, 0.4) is 0 Å². The number of hydrogen-bond donors (Lipinski definition) is 1. The van der Waals surface area contributed by atoms with Gasteiger partial charge in [0.05, 0.1) is 3.79 Å². The number of hydrogen-bond acceptors (Lipinski definition) is 5. The summed E-state index contributed by atoms with van der Waals surface area (Å²) in [6.45, 7) is 1.00. The van der Waals surface area contributed by atoms with Crippen molar-refractivity contribution in [2.75, 3.05) is 18.7 Å². The minimum Gasteiger partial charge on any atom is -0.481 e. The number of ether oxygens (including phenoxy) is 3. The van der Waals surface area contributed by atoms with Gasteiger partial charge >= 0.3 is 0 Å². The third-order valence-corrected chi connectivity index (χ3v) is 6.98. The van der Waals surface area contributed by atoms with Gasteiger partial charge in [-0.2, -0.15) is 0 Å². The molecule has 4 aromatic rings. The van der Waals surface area contributed by atoms with Crippen LogP contribution in [0.15, 0.2) is 88.7 Å². The third kappa shape index (κ3) is 4.76. The molecule has 1 aromatic heterocycles. The number of benzene rings is 3. The van der Waals surface area contributed by atoms with Crippen molar-refractivity contribution in [1.29, 1.82) is 0 Å². The molecule has 162 valence electrons. The van der Waals surface area contributed by atoms with Gasteiger partial charge in [-0.1, -0.05) is 48.5 Å². The SMILES string of the molecule is Brc1ccc([C@H](CCNc2ccc(-c3ccccc3)cc2)Oc2cccc3c2OCO3)s1. The summed E-state index contributed by atoms with van der Waals surface area (Å²) < 4.78 is 18.6. The van der Waals surface area contributed by atoms with Gasteiger partial charge < -0.3 is 19.5 Å². The fraction of sp³-hybridized carbons (Fsp3) is 0.154. The zero-order valence-corrected chi connectivity index (χ0v) is 19.7. The molecule has 32 heavy (non-hydrogen) atoms. The number of para-hydroxylation sites is 1. The standard InChI is InChI=1S/C26H22BrNO3S/c27-25-14-13-24(32-25)21(31-23-8-4-7-22-26(23)30-17-29-22)15-16-28-20-11-9-19(10-12-20)18-5-2-1-3-6-18/h1-14,21,28H,15-17H2/t21-/m0/s1. The van der Waals surface area contributed by atoms with Crippen molar-refractivity contribution < 1.29 is 14.2 Å². The Morgan fingerprint density at radius 3 is 2.47 bits per heavy atom. The van der Waals surface area contributed by atoms with Crippen LogP contribution in [-0.2, 0) is 0 Å². The Hall–Kier alpha value is -2.96. The Labute approximate surface area is 199 Å². The van der Waals surface area contributed by atoms with Gasteiger partial charge in [-0.15, -0.1) is 11.3 Å². The molecule has 0 unspecified atom stereocenters. The van der Waals surface area contributed by atoms with E-state index in [1.807, 2.05) is 24.3 Å². The fourth-order valence-electron chi connectivity index (χ4n) is 3.67. The smallest absolute Gasteiger partial charge is 0.231 e. The quantitative estimate of drug-likeness (QED) is 0.267. The van der Waals surface area contributed by atoms with Gasteiger partial charge in [0.2, 0.25) is 12.5 Å². The summed E-state index contributed by atoms with van der Waals surface area (Å²) in [6, 6.07) is 28.8. The highest BCUT2D eigenvalue weighted by molar-refractivity contribution is 9.11. The molecule has 2 heterocycles. The average Bonchev–Trinajstić information content (AvgIpc) is 3.49. The maximum absolute atomic E-state index is 6.42. The van der Waals surface area contributed by atoms with Crippen molar-refractivity contribution in [2.45, 2.75) is 12.5 Å². The van der Waals surface area contributed by atoms with E-state index in [-0.39, 0.29) is 12.9 Å². The van der Waals surface area contributed by atoms with Crippen molar-refractivity contribution in [3.63, 3.8) is 0 Å². The van der Waals surface area contributed by atoms with E-state index in [4.69, 9.17) is 14.2 Å². The van der Waals surface area contributed by atoms with Gasteiger partial charge in [-0.25, -0.2) is 0 Å². The lowest BCUT2D eigenvalue weighted by molar-refractivity contribution is 0.160. The van der Waals surface area contributed by atoms with E-state index in [1.165, 1.54) is 11.1 Å². The monoisotopic (exact) mass is 507 g/mol. The molecular weight excluding hydrogens is 486 g/mol. The highest BCUT2D eigenvalue weighted by Crippen LogP contribution is 2.43. The average molecular weight is 508 g/mol. The molecule has 1 N–H and O–H groups in total. The molecule has 1 aliphatic rings. The van der Waals surface area contributed by atoms with Crippen LogP contribution in [0.1, 0.15) is 17.4 Å². The molecule has 0 saturated carbocycles. The second kappa shape index (κ2) is 9.67. The van der Waals surface area contributed by atoms with Crippen molar-refractivity contribution >= 4 is 33.0 Å². The number of rotatable bonds is 8. The largest absolute Gasteiger partial charge is 0.481 e. The highest BCUT2D eigenvalue weighted by Gasteiger charge is 2.23. The predicted octanol–water partition coefficient (Wildman–Crippen LogP) is 7.53. The predicted molar refractivity (Wildman–Crippen MR) is 133 cm³/mol. The van der Waals surface area contributed by atoms with Crippen LogP contribution in [-0.4, -0.2) is 13.3 Å². The van der Waals surface area contributed by atoms with Crippen LogP contribution >= 0.6 is 27.3 Å². The Balaban J connectivity index is 1.26. The van der Waals surface area contributed by atoms with Crippen LogP contribution in [0.5, 0.6) is 17.2 Å². The molecule has 0 amide bonds. The zero-order chi connectivity index (χ0) is 21.8. The van der Waals surface area contributed by atoms with Gasteiger partial charge in [0.25, 0.3) is 0 Å². The molecule has 3 aromatic carbocycles. The fourth-order valence-corrected chi connectivity index (χ4v) is 5.16. The summed E-state index contributed by atoms with van der Waals surface area (Å²) >= 11 is 5.26. The van der Waals surface area contributed by atoms with Crippen LogP contribution in [0.4, 0.5) is 5.69 Å². The highest BCUT2D eigenvalue weighted by atomic mass is 79.9. The Bertz CT molecular complexity index is 1180. The summed E-state index contributed by atoms with van der Waals surface area (Å²) in [5.74, 6) is 2.12. The molecule has 0 aliphatic carbocycles. The first-order valence-corrected chi connectivity index (χ1v) is 12.1. The van der Waals surface area contributed by atoms with E-state index in [2.05, 4.69) is 81.9 Å². The molecule has 0 radical (unpaired) electrons. The summed E-state index contributed by atoms with van der Waals surface area (Å²) in [5.41, 5.74) is 3.52. The lowest BCUT2D eigenvalue weighted by Gasteiger charge is -2.19. The molecular formula is C26H22BrNO3S. The van der Waals surface area contributed by atoms with Crippen LogP contribution in [0, 0.1) is 0 Å². The van der Waals surface area contributed by atoms with Crippen LogP contribution in [0.2, 0.25) is 0 Å². The van der Waals surface area contributed by atoms with E-state index in [1.54, 1.807) is 11.3 Å². The molecule has 1 atom stereocenters. The van der Waals surface area contributed by atoms with Gasteiger partial charge in [-0.05, 0) is 63.5 Å². The minimum absolute atomic E-state index is 0.0990. The lowest BCUT2D eigenvalue weighted by atomic mass is 10.1. The third-order valence-electron chi connectivity index (χ3n) is 5.27. The van der Waals surface area contributed by atoms with E-state index >= 15 is 0 Å². The maximum Gasteiger partial charge on any atom is 0.231 e. The number of halogens is 1. The molecule has 5 rings (SSSR count). The van der Waals surface area contributed by atoms with Crippen LogP contribution < -0.4 is 19.5 Å². The Morgan fingerprint density at radius 1 is 0.875 bits per heavy atom. The Morgan fingerprint density at radius 2 is 1.69 bits per heavy atom. The lowest BCUT2D eigenvalue weighted by Crippen LogP contribution is -2.12. The second-order valence-corrected chi connectivity index (χ2v) is 9.89. The summed E-state index contributed by atoms with van der Waals surface area (Å²) in [7, 11) is 0. The van der Waals surface area contributed by atoms with Crippen molar-refractivity contribution in [1.82, 2.24) is 0 Å². The van der Waals surface area contributed by atoms with E-state index in [0.29, 0.717) is 11.5 Å². The number of anilines is 1. The van der Waals surface area contributed by atoms with Gasteiger partial charge in [0.1, 0.15) is 6.10 Å². The first-order valence-electron chi connectivity index (χ1n) is 10.5. The topological polar surface area (TPSA) is 39.7 Å². The van der Waals surface area contributed by atoms with E-state index < -0.39 is 0 Å². The maximum atomic E-state index is 6.42. The number of nitrogens with one attached hydrogen (secondary N) is 1. The van der Waals surface area contributed by atoms with Crippen molar-refractivity contribution in [2.24, 2.45) is 0 Å². The van der Waals surface area contributed by atoms with Crippen LogP contribution in [0.25, 0.3) is 11.1 Å². The first-order chi connectivity index (χ1) is 15.8. The molecule has 6 heteroatoms. The Kier molecular flexibility index (Phi) is 6.32. The molecule has 0 spiro atoms. The minimum atomic E-state index is -0.0990. The molecule has 0 bridgehead atoms. The van der Waals surface area contributed by atoms with Gasteiger partial charge in [-0.3, -0.25) is 0 Å². The molecule has 1 aliphatic heterocycles. The molecule has 0 saturated heterocycles. The number of fused-ring (bicyclic) bond motifs is 1. The zero-order valence-electron chi connectivity index (χ0n) is 17.3. The van der Waals surface area contributed by atoms with E-state index in [0.717, 1.165) is 33.1 Å². The first kappa shape index (κ1) is 20.9. The summed E-state index contributed by atoms with van der Waals surface area (Å²) in [4.78, 5) is 1.16. The van der Waals surface area contributed by atoms with Crippen molar-refractivity contribution in [3.05, 3.63) is 93.6 Å². The molecule has 0 fully saturated rings. The number of thiophene rings is 1. The van der Waals surface area contributed by atoms with E-state index in [9.17, 15) is 0 Å². The summed E-state index contributed by atoms with van der Waals surface area (Å²) in [6.07, 6.45) is 0.704.